The number of hydrogen-bond acceptors (Lipinski definition) is 3. The highest BCUT2D eigenvalue weighted by atomic mass is 32.1. The summed E-state index contributed by atoms with van der Waals surface area (Å²) in [6, 6.07) is 9.25. The fourth-order valence-corrected chi connectivity index (χ4v) is 2.56. The number of benzene rings is 1. The summed E-state index contributed by atoms with van der Waals surface area (Å²) in [5, 5.41) is 3.37. The highest BCUT2D eigenvalue weighted by Gasteiger charge is 2.10. The lowest BCUT2D eigenvalue weighted by atomic mass is 10.0. The monoisotopic (exact) mass is 246 g/mol. The van der Waals surface area contributed by atoms with Crippen molar-refractivity contribution in [2.24, 2.45) is 0 Å². The number of nitrogens with one attached hydrogen (secondary N) is 1. The molecule has 0 saturated carbocycles. The van der Waals surface area contributed by atoms with Crippen molar-refractivity contribution in [2.45, 2.75) is 25.8 Å². The molecule has 0 spiro atoms. The smallest absolute Gasteiger partial charge is 0.0794 e. The van der Waals surface area contributed by atoms with Crippen LogP contribution in [0.5, 0.6) is 0 Å². The molecule has 1 aromatic heterocycles. The van der Waals surface area contributed by atoms with Crippen LogP contribution in [0.1, 0.15) is 29.0 Å². The minimum absolute atomic E-state index is 0.376. The summed E-state index contributed by atoms with van der Waals surface area (Å²) >= 11 is 1.72. The van der Waals surface area contributed by atoms with Gasteiger partial charge < -0.3 is 5.32 Å². The van der Waals surface area contributed by atoms with Gasteiger partial charge in [0, 0.05) is 23.5 Å². The summed E-state index contributed by atoms with van der Waals surface area (Å²) in [5.41, 5.74) is 4.63. The fourth-order valence-electron chi connectivity index (χ4n) is 1.92. The average molecular weight is 246 g/mol. The molecule has 0 bridgehead atoms. The molecule has 1 N–H and O–H groups in total. The van der Waals surface area contributed by atoms with Crippen molar-refractivity contribution in [3.63, 3.8) is 0 Å². The number of rotatable bonds is 5. The average Bonchev–Trinajstić information content (AvgIpc) is 2.89. The molecule has 1 heterocycles. The third-order valence-corrected chi connectivity index (χ3v) is 3.83. The Hall–Kier alpha value is -1.19. The van der Waals surface area contributed by atoms with Gasteiger partial charge in [-0.3, -0.25) is 4.98 Å². The van der Waals surface area contributed by atoms with Gasteiger partial charge >= 0.3 is 0 Å². The Morgan fingerprint density at radius 3 is 2.59 bits per heavy atom. The van der Waals surface area contributed by atoms with Crippen LogP contribution in [-0.2, 0) is 12.8 Å². The van der Waals surface area contributed by atoms with Crippen LogP contribution in [0, 0.1) is 0 Å². The number of aromatic nitrogens is 1. The van der Waals surface area contributed by atoms with E-state index in [1.165, 1.54) is 16.0 Å². The Balaban J connectivity index is 2.11. The molecule has 0 saturated heterocycles. The lowest BCUT2D eigenvalue weighted by molar-refractivity contribution is 0.596. The normalized spacial score (nSPS) is 12.6. The van der Waals surface area contributed by atoms with E-state index in [2.05, 4.69) is 41.5 Å². The fraction of sp³-hybridized carbons (Fsp3) is 0.357. The van der Waals surface area contributed by atoms with E-state index in [1.54, 1.807) is 11.3 Å². The molecule has 0 amide bonds. The minimum atomic E-state index is 0.376. The van der Waals surface area contributed by atoms with Crippen LogP contribution in [0.2, 0.25) is 0 Å². The van der Waals surface area contributed by atoms with Gasteiger partial charge in [0.05, 0.1) is 5.51 Å². The van der Waals surface area contributed by atoms with E-state index in [4.69, 9.17) is 0 Å². The number of likely N-dealkylation sites (N-methyl/N-ethyl adjacent to an activating group) is 1. The van der Waals surface area contributed by atoms with Crippen molar-refractivity contribution in [1.82, 2.24) is 10.3 Å². The molecular formula is C14H18N2S. The van der Waals surface area contributed by atoms with Gasteiger partial charge in [0.15, 0.2) is 0 Å². The van der Waals surface area contributed by atoms with E-state index in [1.807, 2.05) is 18.8 Å². The number of thiazole rings is 1. The SMILES string of the molecule is CCc1ccc(C(Cc2cncs2)NC)cc1. The number of aryl methyl sites for hydroxylation is 1. The number of nitrogens with zero attached hydrogens (tertiary/aromatic N) is 1. The number of hydrogen-bond donors (Lipinski definition) is 1. The first-order valence-electron chi connectivity index (χ1n) is 5.97. The molecule has 3 heteroatoms. The van der Waals surface area contributed by atoms with E-state index < -0.39 is 0 Å². The second-order valence-electron chi connectivity index (χ2n) is 4.11. The van der Waals surface area contributed by atoms with Crippen molar-refractivity contribution in [3.05, 3.63) is 52.0 Å². The zero-order valence-electron chi connectivity index (χ0n) is 10.3. The van der Waals surface area contributed by atoms with Crippen LogP contribution < -0.4 is 5.32 Å². The quantitative estimate of drug-likeness (QED) is 0.876. The molecule has 0 aliphatic carbocycles. The highest BCUT2D eigenvalue weighted by molar-refractivity contribution is 7.09. The third kappa shape index (κ3) is 3.14. The van der Waals surface area contributed by atoms with E-state index in [-0.39, 0.29) is 0 Å². The van der Waals surface area contributed by atoms with Crippen molar-refractivity contribution in [3.8, 4) is 0 Å². The first kappa shape index (κ1) is 12.3. The zero-order chi connectivity index (χ0) is 12.1. The van der Waals surface area contributed by atoms with Crippen molar-refractivity contribution < 1.29 is 0 Å². The van der Waals surface area contributed by atoms with Gasteiger partial charge in [0.1, 0.15) is 0 Å². The van der Waals surface area contributed by atoms with Gasteiger partial charge in [0.2, 0.25) is 0 Å². The third-order valence-electron chi connectivity index (χ3n) is 3.03. The predicted molar refractivity (Wildman–Crippen MR) is 73.4 cm³/mol. The van der Waals surface area contributed by atoms with Crippen LogP contribution in [0.3, 0.4) is 0 Å². The molecule has 2 nitrogen and oxygen atoms in total. The minimum Gasteiger partial charge on any atom is -0.313 e. The van der Waals surface area contributed by atoms with E-state index >= 15 is 0 Å². The largest absolute Gasteiger partial charge is 0.313 e. The van der Waals surface area contributed by atoms with Gasteiger partial charge in [-0.15, -0.1) is 11.3 Å². The highest BCUT2D eigenvalue weighted by Crippen LogP contribution is 2.20. The first-order chi connectivity index (χ1) is 8.33. The maximum Gasteiger partial charge on any atom is 0.0794 e. The Kier molecular flexibility index (Phi) is 4.29. The van der Waals surface area contributed by atoms with Crippen LogP contribution >= 0.6 is 11.3 Å². The molecule has 0 aliphatic rings. The lowest BCUT2D eigenvalue weighted by Crippen LogP contribution is -2.18. The molecular weight excluding hydrogens is 228 g/mol. The van der Waals surface area contributed by atoms with Gasteiger partial charge in [-0.1, -0.05) is 31.2 Å². The van der Waals surface area contributed by atoms with Crippen LogP contribution in [0.15, 0.2) is 36.0 Å². The van der Waals surface area contributed by atoms with Gasteiger partial charge in [-0.25, -0.2) is 0 Å². The standard InChI is InChI=1S/C14H18N2S/c1-3-11-4-6-12(7-5-11)14(15-2)8-13-9-16-10-17-13/h4-7,9-10,14-15H,3,8H2,1-2H3. The first-order valence-corrected chi connectivity index (χ1v) is 6.85. The summed E-state index contributed by atoms with van der Waals surface area (Å²) in [6.07, 6.45) is 4.06. The Labute approximate surface area is 107 Å². The van der Waals surface area contributed by atoms with E-state index in [0.29, 0.717) is 6.04 Å². The molecule has 2 rings (SSSR count). The van der Waals surface area contributed by atoms with Gasteiger partial charge in [-0.2, -0.15) is 0 Å². The van der Waals surface area contributed by atoms with Crippen molar-refractivity contribution in [1.29, 1.82) is 0 Å². The Bertz CT molecular complexity index is 434. The topological polar surface area (TPSA) is 24.9 Å². The molecule has 0 aliphatic heterocycles. The predicted octanol–water partition coefficient (Wildman–Crippen LogP) is 3.21. The second-order valence-corrected chi connectivity index (χ2v) is 5.08. The molecule has 1 aromatic carbocycles. The summed E-state index contributed by atoms with van der Waals surface area (Å²) in [5.74, 6) is 0. The summed E-state index contributed by atoms with van der Waals surface area (Å²) in [4.78, 5) is 5.44. The van der Waals surface area contributed by atoms with Crippen LogP contribution in [-0.4, -0.2) is 12.0 Å². The van der Waals surface area contributed by atoms with Crippen molar-refractivity contribution >= 4 is 11.3 Å². The van der Waals surface area contributed by atoms with E-state index in [0.717, 1.165) is 12.8 Å². The van der Waals surface area contributed by atoms with Crippen LogP contribution in [0.25, 0.3) is 0 Å². The lowest BCUT2D eigenvalue weighted by Gasteiger charge is -2.16. The molecule has 17 heavy (non-hydrogen) atoms. The van der Waals surface area contributed by atoms with Gasteiger partial charge in [-0.05, 0) is 24.6 Å². The molecule has 90 valence electrons. The molecule has 1 unspecified atom stereocenters. The summed E-state index contributed by atoms with van der Waals surface area (Å²) in [6.45, 7) is 2.18. The molecule has 0 fully saturated rings. The van der Waals surface area contributed by atoms with E-state index in [9.17, 15) is 0 Å². The van der Waals surface area contributed by atoms with Crippen molar-refractivity contribution in [2.75, 3.05) is 7.05 Å². The molecule has 1 atom stereocenters. The Morgan fingerprint density at radius 2 is 2.06 bits per heavy atom. The molecule has 2 aromatic rings. The summed E-state index contributed by atoms with van der Waals surface area (Å²) in [7, 11) is 2.01. The van der Waals surface area contributed by atoms with Gasteiger partial charge in [0.25, 0.3) is 0 Å². The summed E-state index contributed by atoms with van der Waals surface area (Å²) < 4.78 is 0. The maximum atomic E-state index is 4.12. The molecule has 0 radical (unpaired) electrons. The maximum absolute atomic E-state index is 4.12. The second kappa shape index (κ2) is 5.94. The zero-order valence-corrected chi connectivity index (χ0v) is 11.1. The Morgan fingerprint density at radius 1 is 1.29 bits per heavy atom. The van der Waals surface area contributed by atoms with Crippen LogP contribution in [0.4, 0.5) is 0 Å².